The predicted octanol–water partition coefficient (Wildman–Crippen LogP) is 1.68. The summed E-state index contributed by atoms with van der Waals surface area (Å²) in [4.78, 5) is 0. The molecule has 86 valence electrons. The number of aromatic nitrogens is 4. The summed E-state index contributed by atoms with van der Waals surface area (Å²) in [6.45, 7) is 6.85. The number of H-pyrrole nitrogens is 1. The van der Waals surface area contributed by atoms with Crippen LogP contribution in [0.25, 0.3) is 0 Å². The fraction of sp³-hybridized carbons (Fsp3) is 0.455. The van der Waals surface area contributed by atoms with Crippen molar-refractivity contribution in [1.29, 1.82) is 0 Å². The lowest BCUT2D eigenvalue weighted by molar-refractivity contribution is 0.738. The van der Waals surface area contributed by atoms with E-state index in [4.69, 9.17) is 0 Å². The van der Waals surface area contributed by atoms with Crippen molar-refractivity contribution in [2.24, 2.45) is 7.05 Å². The molecule has 0 bridgehead atoms. The van der Waals surface area contributed by atoms with Crippen molar-refractivity contribution in [2.75, 3.05) is 5.32 Å². The number of rotatable bonds is 3. The molecule has 0 amide bonds. The Labute approximate surface area is 94.9 Å². The third-order valence-corrected chi connectivity index (χ3v) is 2.92. The summed E-state index contributed by atoms with van der Waals surface area (Å²) in [7, 11) is 1.95. The minimum absolute atomic E-state index is 0.779. The lowest BCUT2D eigenvalue weighted by Gasteiger charge is -2.05. The van der Waals surface area contributed by atoms with Crippen molar-refractivity contribution in [2.45, 2.75) is 27.3 Å². The lowest BCUT2D eigenvalue weighted by atomic mass is 10.2. The van der Waals surface area contributed by atoms with Gasteiger partial charge in [-0.1, -0.05) is 0 Å². The molecule has 2 aromatic rings. The van der Waals surface area contributed by atoms with Gasteiger partial charge in [-0.2, -0.15) is 10.2 Å². The molecule has 0 saturated carbocycles. The van der Waals surface area contributed by atoms with Crippen molar-refractivity contribution in [3.05, 3.63) is 28.8 Å². The van der Waals surface area contributed by atoms with Gasteiger partial charge >= 0.3 is 0 Å². The number of nitrogens with one attached hydrogen (secondary N) is 2. The predicted molar refractivity (Wildman–Crippen MR) is 63.3 cm³/mol. The Bertz CT molecular complexity index is 475. The van der Waals surface area contributed by atoms with Gasteiger partial charge in [-0.3, -0.25) is 9.78 Å². The van der Waals surface area contributed by atoms with Gasteiger partial charge in [0.25, 0.3) is 0 Å². The summed E-state index contributed by atoms with van der Waals surface area (Å²) < 4.78 is 1.88. The second-order valence-corrected chi connectivity index (χ2v) is 4.04. The normalized spacial score (nSPS) is 10.8. The van der Waals surface area contributed by atoms with Crippen molar-refractivity contribution in [3.8, 4) is 0 Å². The Morgan fingerprint density at radius 3 is 2.62 bits per heavy atom. The molecule has 5 heteroatoms. The summed E-state index contributed by atoms with van der Waals surface area (Å²) in [6.07, 6.45) is 1.90. The molecule has 0 aliphatic heterocycles. The molecule has 0 atom stereocenters. The highest BCUT2D eigenvalue weighted by atomic mass is 15.3. The maximum absolute atomic E-state index is 4.21. The van der Waals surface area contributed by atoms with Crippen LogP contribution in [0.4, 0.5) is 5.69 Å². The van der Waals surface area contributed by atoms with E-state index in [1.54, 1.807) is 0 Å². The highest BCUT2D eigenvalue weighted by Gasteiger charge is 2.07. The topological polar surface area (TPSA) is 58.5 Å². The van der Waals surface area contributed by atoms with Crippen LogP contribution in [0.1, 0.15) is 22.6 Å². The first-order valence-corrected chi connectivity index (χ1v) is 5.32. The molecular formula is C11H17N5. The van der Waals surface area contributed by atoms with Gasteiger partial charge < -0.3 is 5.32 Å². The molecule has 2 aromatic heterocycles. The molecule has 0 fully saturated rings. The Kier molecular flexibility index (Phi) is 2.68. The highest BCUT2D eigenvalue weighted by Crippen LogP contribution is 2.17. The summed E-state index contributed by atoms with van der Waals surface area (Å²) in [5, 5.41) is 14.7. The quantitative estimate of drug-likeness (QED) is 0.825. The van der Waals surface area contributed by atoms with E-state index in [9.17, 15) is 0 Å². The average molecular weight is 219 g/mol. The van der Waals surface area contributed by atoms with E-state index in [2.05, 4.69) is 27.5 Å². The van der Waals surface area contributed by atoms with Crippen LogP contribution in [0.2, 0.25) is 0 Å². The minimum Gasteiger partial charge on any atom is -0.378 e. The maximum Gasteiger partial charge on any atom is 0.0825 e. The summed E-state index contributed by atoms with van der Waals surface area (Å²) in [5.41, 5.74) is 5.55. The second-order valence-electron chi connectivity index (χ2n) is 4.04. The molecule has 0 radical (unpaired) electrons. The lowest BCUT2D eigenvalue weighted by Crippen LogP contribution is -2.02. The first kappa shape index (κ1) is 10.7. The number of nitrogens with zero attached hydrogens (tertiary/aromatic N) is 3. The van der Waals surface area contributed by atoms with Crippen LogP contribution in [0.15, 0.2) is 6.20 Å². The summed E-state index contributed by atoms with van der Waals surface area (Å²) in [5.74, 6) is 0. The van der Waals surface area contributed by atoms with Crippen LogP contribution in [0.5, 0.6) is 0 Å². The molecule has 0 spiro atoms. The molecule has 2 heterocycles. The summed E-state index contributed by atoms with van der Waals surface area (Å²) in [6, 6.07) is 0. The fourth-order valence-electron chi connectivity index (χ4n) is 1.71. The number of hydrogen-bond donors (Lipinski definition) is 2. The standard InChI is InChI=1S/C11H17N5/c1-7-11(8(2)15-14-7)12-5-10-6-13-16(4)9(10)3/h6,12H,5H2,1-4H3,(H,14,15). The third kappa shape index (κ3) is 1.80. The number of anilines is 1. The number of aryl methyl sites for hydroxylation is 3. The van der Waals surface area contributed by atoms with Gasteiger partial charge in [0.2, 0.25) is 0 Å². The molecule has 0 unspecified atom stereocenters. The maximum atomic E-state index is 4.21. The molecule has 5 nitrogen and oxygen atoms in total. The van der Waals surface area contributed by atoms with Crippen LogP contribution in [0, 0.1) is 20.8 Å². The van der Waals surface area contributed by atoms with E-state index >= 15 is 0 Å². The Hall–Kier alpha value is -1.78. The SMILES string of the molecule is Cc1n[nH]c(C)c1NCc1cnn(C)c1C. The highest BCUT2D eigenvalue weighted by molar-refractivity contribution is 5.51. The van der Waals surface area contributed by atoms with Gasteiger partial charge in [0.15, 0.2) is 0 Å². The molecule has 0 saturated heterocycles. The Balaban J connectivity index is 2.11. The molecule has 0 aliphatic rings. The third-order valence-electron chi connectivity index (χ3n) is 2.92. The molecule has 2 rings (SSSR count). The smallest absolute Gasteiger partial charge is 0.0825 e. The van der Waals surface area contributed by atoms with Crippen LogP contribution in [-0.4, -0.2) is 20.0 Å². The number of hydrogen-bond acceptors (Lipinski definition) is 3. The first-order valence-electron chi connectivity index (χ1n) is 5.32. The first-order chi connectivity index (χ1) is 7.59. The van der Waals surface area contributed by atoms with E-state index in [1.165, 1.54) is 11.3 Å². The molecule has 2 N–H and O–H groups in total. The van der Waals surface area contributed by atoms with Crippen molar-refractivity contribution in [3.63, 3.8) is 0 Å². The second kappa shape index (κ2) is 4.00. The van der Waals surface area contributed by atoms with Crippen molar-refractivity contribution in [1.82, 2.24) is 20.0 Å². The van der Waals surface area contributed by atoms with Gasteiger partial charge in [-0.25, -0.2) is 0 Å². The van der Waals surface area contributed by atoms with Crippen LogP contribution in [0.3, 0.4) is 0 Å². The zero-order valence-electron chi connectivity index (χ0n) is 10.1. The zero-order chi connectivity index (χ0) is 11.7. The fourth-order valence-corrected chi connectivity index (χ4v) is 1.71. The molecule has 0 aromatic carbocycles. The zero-order valence-corrected chi connectivity index (χ0v) is 10.1. The van der Waals surface area contributed by atoms with Crippen LogP contribution < -0.4 is 5.32 Å². The van der Waals surface area contributed by atoms with E-state index in [1.807, 2.05) is 31.8 Å². The van der Waals surface area contributed by atoms with E-state index in [0.29, 0.717) is 0 Å². The van der Waals surface area contributed by atoms with Gasteiger partial charge in [0.05, 0.1) is 23.3 Å². The van der Waals surface area contributed by atoms with E-state index in [-0.39, 0.29) is 0 Å². The van der Waals surface area contributed by atoms with Crippen molar-refractivity contribution >= 4 is 5.69 Å². The van der Waals surface area contributed by atoms with Crippen LogP contribution in [-0.2, 0) is 13.6 Å². The largest absolute Gasteiger partial charge is 0.378 e. The van der Waals surface area contributed by atoms with E-state index < -0.39 is 0 Å². The van der Waals surface area contributed by atoms with E-state index in [0.717, 1.165) is 23.6 Å². The molecular weight excluding hydrogens is 202 g/mol. The number of aromatic amines is 1. The average Bonchev–Trinajstić information content (AvgIpc) is 2.73. The van der Waals surface area contributed by atoms with Gasteiger partial charge in [0.1, 0.15) is 0 Å². The minimum atomic E-state index is 0.779. The Morgan fingerprint density at radius 2 is 2.12 bits per heavy atom. The summed E-state index contributed by atoms with van der Waals surface area (Å²) >= 11 is 0. The molecule has 0 aliphatic carbocycles. The van der Waals surface area contributed by atoms with Gasteiger partial charge in [0, 0.05) is 24.8 Å². The van der Waals surface area contributed by atoms with Gasteiger partial charge in [-0.05, 0) is 20.8 Å². The van der Waals surface area contributed by atoms with Crippen molar-refractivity contribution < 1.29 is 0 Å². The Morgan fingerprint density at radius 1 is 1.38 bits per heavy atom. The van der Waals surface area contributed by atoms with Gasteiger partial charge in [-0.15, -0.1) is 0 Å². The van der Waals surface area contributed by atoms with Crippen LogP contribution >= 0.6 is 0 Å². The monoisotopic (exact) mass is 219 g/mol. The molecule has 16 heavy (non-hydrogen) atoms.